The van der Waals surface area contributed by atoms with Crippen molar-refractivity contribution in [1.82, 2.24) is 4.98 Å². The molecule has 4 nitrogen and oxygen atoms in total. The number of hydrogen-bond donors (Lipinski definition) is 2. The number of piperidine rings is 1. The maximum Gasteiger partial charge on any atom is 0.221 e. The second-order valence-corrected chi connectivity index (χ2v) is 5.11. The number of pyridine rings is 1. The summed E-state index contributed by atoms with van der Waals surface area (Å²) in [6.07, 6.45) is 7.01. The number of carbonyl (C=O) groups excluding carboxylic acids is 1. The highest BCUT2D eigenvalue weighted by Gasteiger charge is 2.20. The standard InChI is InChI=1S/C14H19N3OS/c1-3-11-13(17-7-5-4-6-8-17)12(16-10(2)18)9-15-14(11)19/h3,9H,1,4-8H2,2H3,(H,15,19)(H,16,18). The van der Waals surface area contributed by atoms with Crippen molar-refractivity contribution in [1.29, 1.82) is 0 Å². The number of nitrogens with zero attached hydrogens (tertiary/aromatic N) is 2. The lowest BCUT2D eigenvalue weighted by molar-refractivity contribution is -0.114. The van der Waals surface area contributed by atoms with Gasteiger partial charge in [0, 0.05) is 25.6 Å². The maximum absolute atomic E-state index is 11.3. The third kappa shape index (κ3) is 3.10. The van der Waals surface area contributed by atoms with Gasteiger partial charge in [-0.2, -0.15) is 0 Å². The molecule has 5 heteroatoms. The van der Waals surface area contributed by atoms with E-state index in [9.17, 15) is 4.79 Å². The molecule has 1 aliphatic rings. The van der Waals surface area contributed by atoms with Crippen LogP contribution in [0.5, 0.6) is 0 Å². The van der Waals surface area contributed by atoms with Gasteiger partial charge in [0.25, 0.3) is 0 Å². The van der Waals surface area contributed by atoms with E-state index in [0.717, 1.165) is 30.0 Å². The lowest BCUT2D eigenvalue weighted by atomic mass is 10.1. The molecule has 0 unspecified atom stereocenters. The maximum atomic E-state index is 11.3. The third-order valence-electron chi connectivity index (χ3n) is 3.25. The fraction of sp³-hybridized carbons (Fsp3) is 0.429. The Morgan fingerprint density at radius 2 is 2.16 bits per heavy atom. The van der Waals surface area contributed by atoms with Gasteiger partial charge < -0.3 is 10.2 Å². The molecular formula is C14H19N3OS. The van der Waals surface area contributed by atoms with E-state index in [1.54, 1.807) is 12.3 Å². The van der Waals surface area contributed by atoms with E-state index in [1.165, 1.54) is 26.2 Å². The minimum atomic E-state index is -0.0954. The molecule has 1 saturated heterocycles. The number of anilines is 2. The fourth-order valence-electron chi connectivity index (χ4n) is 2.43. The van der Waals surface area contributed by atoms with Gasteiger partial charge in [0.1, 0.15) is 5.03 Å². The van der Waals surface area contributed by atoms with E-state index in [1.807, 2.05) is 0 Å². The monoisotopic (exact) mass is 277 g/mol. The zero-order valence-electron chi connectivity index (χ0n) is 11.1. The largest absolute Gasteiger partial charge is 0.369 e. The SMILES string of the molecule is C=Cc1c(S)ncc(NC(C)=O)c1N1CCCCC1. The highest BCUT2D eigenvalue weighted by atomic mass is 32.1. The molecule has 102 valence electrons. The summed E-state index contributed by atoms with van der Waals surface area (Å²) in [6, 6.07) is 0. The molecule has 19 heavy (non-hydrogen) atoms. The summed E-state index contributed by atoms with van der Waals surface area (Å²) in [4.78, 5) is 17.8. The van der Waals surface area contributed by atoms with Crippen LogP contribution in [0.3, 0.4) is 0 Å². The van der Waals surface area contributed by atoms with Crippen molar-refractivity contribution in [3.8, 4) is 0 Å². The molecule has 0 spiro atoms. The number of amides is 1. The number of hydrogen-bond acceptors (Lipinski definition) is 4. The molecule has 0 bridgehead atoms. The summed E-state index contributed by atoms with van der Waals surface area (Å²) in [5, 5.41) is 3.49. The second-order valence-electron chi connectivity index (χ2n) is 4.69. The van der Waals surface area contributed by atoms with E-state index in [-0.39, 0.29) is 5.91 Å². The minimum Gasteiger partial charge on any atom is -0.369 e. The van der Waals surface area contributed by atoms with Gasteiger partial charge in [-0.05, 0) is 19.3 Å². The van der Waals surface area contributed by atoms with Crippen molar-refractivity contribution < 1.29 is 4.79 Å². The summed E-state index contributed by atoms with van der Waals surface area (Å²) >= 11 is 4.38. The molecule has 2 heterocycles. The lowest BCUT2D eigenvalue weighted by Gasteiger charge is -2.32. The van der Waals surface area contributed by atoms with Crippen molar-refractivity contribution in [2.45, 2.75) is 31.2 Å². The summed E-state index contributed by atoms with van der Waals surface area (Å²) in [6.45, 7) is 7.32. The Morgan fingerprint density at radius 3 is 2.74 bits per heavy atom. The molecule has 1 aromatic rings. The van der Waals surface area contributed by atoms with Crippen LogP contribution in [-0.4, -0.2) is 24.0 Å². The smallest absolute Gasteiger partial charge is 0.221 e. The van der Waals surface area contributed by atoms with Crippen molar-refractivity contribution in [3.05, 3.63) is 18.3 Å². The summed E-state index contributed by atoms with van der Waals surface area (Å²) in [5.74, 6) is -0.0954. The van der Waals surface area contributed by atoms with Crippen LogP contribution in [0.1, 0.15) is 31.7 Å². The molecule has 0 radical (unpaired) electrons. The number of rotatable bonds is 3. The van der Waals surface area contributed by atoms with Gasteiger partial charge in [0.15, 0.2) is 0 Å². The van der Waals surface area contributed by atoms with Crippen molar-refractivity contribution in [2.75, 3.05) is 23.3 Å². The van der Waals surface area contributed by atoms with Crippen LogP contribution in [0.15, 0.2) is 17.8 Å². The Labute approximate surface area is 119 Å². The molecule has 0 saturated carbocycles. The molecule has 2 rings (SSSR count). The van der Waals surface area contributed by atoms with Crippen LogP contribution >= 0.6 is 12.6 Å². The molecule has 0 aliphatic carbocycles. The van der Waals surface area contributed by atoms with E-state index in [4.69, 9.17) is 0 Å². The van der Waals surface area contributed by atoms with Crippen LogP contribution in [0.4, 0.5) is 11.4 Å². The van der Waals surface area contributed by atoms with Crippen molar-refractivity contribution in [2.24, 2.45) is 0 Å². The quantitative estimate of drug-likeness (QED) is 0.835. The van der Waals surface area contributed by atoms with Crippen LogP contribution in [0, 0.1) is 0 Å². The third-order valence-corrected chi connectivity index (χ3v) is 3.61. The highest BCUT2D eigenvalue weighted by Crippen LogP contribution is 2.35. The number of nitrogens with one attached hydrogen (secondary N) is 1. The van der Waals surface area contributed by atoms with Gasteiger partial charge in [-0.3, -0.25) is 4.79 Å². The van der Waals surface area contributed by atoms with Gasteiger partial charge in [0.05, 0.1) is 17.6 Å². The number of thiol groups is 1. The van der Waals surface area contributed by atoms with Gasteiger partial charge in [-0.15, -0.1) is 12.6 Å². The first-order chi connectivity index (χ1) is 9.13. The summed E-state index contributed by atoms with van der Waals surface area (Å²) in [5.41, 5.74) is 2.61. The van der Waals surface area contributed by atoms with E-state index < -0.39 is 0 Å². The van der Waals surface area contributed by atoms with Crippen LogP contribution in [-0.2, 0) is 4.79 Å². The molecule has 0 atom stereocenters. The second kappa shape index (κ2) is 6.10. The Morgan fingerprint density at radius 1 is 1.47 bits per heavy atom. The Kier molecular flexibility index (Phi) is 4.47. The first kappa shape index (κ1) is 13.9. The van der Waals surface area contributed by atoms with Gasteiger partial charge in [-0.1, -0.05) is 12.7 Å². The van der Waals surface area contributed by atoms with E-state index in [2.05, 4.69) is 34.4 Å². The fourth-order valence-corrected chi connectivity index (χ4v) is 2.69. The molecule has 0 aromatic carbocycles. The van der Waals surface area contributed by atoms with Crippen LogP contribution in [0.25, 0.3) is 6.08 Å². The molecule has 1 fully saturated rings. The Balaban J connectivity index is 2.47. The van der Waals surface area contributed by atoms with Crippen molar-refractivity contribution in [3.63, 3.8) is 0 Å². The average Bonchev–Trinajstić information content (AvgIpc) is 2.41. The number of carbonyl (C=O) groups is 1. The van der Waals surface area contributed by atoms with Crippen LogP contribution in [0.2, 0.25) is 0 Å². The average molecular weight is 277 g/mol. The first-order valence-electron chi connectivity index (χ1n) is 6.50. The lowest BCUT2D eigenvalue weighted by Crippen LogP contribution is -2.31. The first-order valence-corrected chi connectivity index (χ1v) is 6.95. The molecule has 1 N–H and O–H groups in total. The minimum absolute atomic E-state index is 0.0954. The van der Waals surface area contributed by atoms with E-state index in [0.29, 0.717) is 5.03 Å². The number of aromatic nitrogens is 1. The predicted octanol–water partition coefficient (Wildman–Crippen LogP) is 2.96. The summed E-state index contributed by atoms with van der Waals surface area (Å²) in [7, 11) is 0. The molecule has 1 amide bonds. The Hall–Kier alpha value is -1.49. The zero-order chi connectivity index (χ0) is 13.8. The zero-order valence-corrected chi connectivity index (χ0v) is 12.0. The van der Waals surface area contributed by atoms with Gasteiger partial charge in [0.2, 0.25) is 5.91 Å². The predicted molar refractivity (Wildman–Crippen MR) is 81.9 cm³/mol. The van der Waals surface area contributed by atoms with Crippen LogP contribution < -0.4 is 10.2 Å². The Bertz CT molecular complexity index is 496. The highest BCUT2D eigenvalue weighted by molar-refractivity contribution is 7.80. The molecule has 1 aromatic heterocycles. The summed E-state index contributed by atoms with van der Waals surface area (Å²) < 4.78 is 0. The molecular weight excluding hydrogens is 258 g/mol. The molecule has 1 aliphatic heterocycles. The van der Waals surface area contributed by atoms with Gasteiger partial charge in [-0.25, -0.2) is 4.98 Å². The van der Waals surface area contributed by atoms with E-state index >= 15 is 0 Å². The normalized spacial score (nSPS) is 15.2. The topological polar surface area (TPSA) is 45.2 Å². The van der Waals surface area contributed by atoms with Gasteiger partial charge >= 0.3 is 0 Å². The van der Waals surface area contributed by atoms with Crippen molar-refractivity contribution >= 4 is 36.0 Å².